The van der Waals surface area contributed by atoms with Gasteiger partial charge in [-0.25, -0.2) is 9.78 Å². The Morgan fingerprint density at radius 2 is 2.00 bits per heavy atom. The number of nitrogens with one attached hydrogen (secondary N) is 1. The molecule has 3 rings (SSSR count). The Kier molecular flexibility index (Phi) is 6.72. The molecular formula is C24H33N3O4. The highest BCUT2D eigenvalue weighted by molar-refractivity contribution is 5.86. The van der Waals surface area contributed by atoms with Crippen molar-refractivity contribution >= 4 is 12.1 Å². The molecular weight excluding hydrogens is 394 g/mol. The zero-order valence-corrected chi connectivity index (χ0v) is 19.1. The van der Waals surface area contributed by atoms with Crippen LogP contribution in [0.1, 0.15) is 52.7 Å². The first-order valence-electron chi connectivity index (χ1n) is 10.8. The second kappa shape index (κ2) is 9.12. The molecule has 3 atom stereocenters. The Morgan fingerprint density at radius 3 is 2.61 bits per heavy atom. The van der Waals surface area contributed by atoms with Crippen LogP contribution in [0.3, 0.4) is 0 Å². The quantitative estimate of drug-likeness (QED) is 0.637. The molecule has 31 heavy (non-hydrogen) atoms. The van der Waals surface area contributed by atoms with Gasteiger partial charge in [-0.3, -0.25) is 4.79 Å². The summed E-state index contributed by atoms with van der Waals surface area (Å²) in [6, 6.07) is 9.89. The second-order valence-electron chi connectivity index (χ2n) is 9.26. The molecule has 1 saturated carbocycles. The molecule has 168 valence electrons. The van der Waals surface area contributed by atoms with Gasteiger partial charge >= 0.3 is 12.1 Å². The van der Waals surface area contributed by atoms with Gasteiger partial charge in [0.15, 0.2) is 0 Å². The van der Waals surface area contributed by atoms with Gasteiger partial charge in [-0.05, 0) is 57.6 Å². The van der Waals surface area contributed by atoms with Crippen molar-refractivity contribution in [2.24, 2.45) is 11.8 Å². The van der Waals surface area contributed by atoms with Crippen molar-refractivity contribution in [3.05, 3.63) is 48.5 Å². The number of nitrogens with zero attached hydrogens (tertiary/aromatic N) is 2. The highest BCUT2D eigenvalue weighted by Crippen LogP contribution is 2.57. The molecule has 0 saturated heterocycles. The number of esters is 1. The number of alkyl carbamates (subject to hydrolysis) is 1. The van der Waals surface area contributed by atoms with E-state index in [0.29, 0.717) is 13.0 Å². The summed E-state index contributed by atoms with van der Waals surface area (Å²) >= 11 is 0. The molecule has 1 aromatic heterocycles. The first-order valence-corrected chi connectivity index (χ1v) is 10.8. The van der Waals surface area contributed by atoms with Crippen molar-refractivity contribution in [3.8, 4) is 5.69 Å². The third-order valence-corrected chi connectivity index (χ3v) is 5.88. The Hall–Kier alpha value is -2.83. The van der Waals surface area contributed by atoms with Crippen LogP contribution in [-0.2, 0) is 19.7 Å². The van der Waals surface area contributed by atoms with Crippen LogP contribution < -0.4 is 5.32 Å². The number of hydrogen-bond donors (Lipinski definition) is 1. The minimum Gasteiger partial charge on any atom is -0.468 e. The summed E-state index contributed by atoms with van der Waals surface area (Å²) in [6.45, 7) is 8.12. The fourth-order valence-corrected chi connectivity index (χ4v) is 4.10. The molecule has 1 N–H and O–H groups in total. The number of para-hydroxylation sites is 1. The largest absolute Gasteiger partial charge is 0.468 e. The molecule has 1 aliphatic carbocycles. The average Bonchev–Trinajstić information content (AvgIpc) is 3.23. The van der Waals surface area contributed by atoms with E-state index >= 15 is 0 Å². The molecule has 1 aromatic carbocycles. The van der Waals surface area contributed by atoms with Gasteiger partial charge < -0.3 is 19.4 Å². The summed E-state index contributed by atoms with van der Waals surface area (Å²) in [5, 5.41) is 2.86. The fraction of sp³-hybridized carbons (Fsp3) is 0.542. The molecule has 1 fully saturated rings. The maximum Gasteiger partial charge on any atom is 0.407 e. The molecule has 2 aromatic rings. The number of benzene rings is 1. The Balaban J connectivity index is 1.69. The molecule has 0 unspecified atom stereocenters. The van der Waals surface area contributed by atoms with E-state index in [1.54, 1.807) is 6.33 Å². The summed E-state index contributed by atoms with van der Waals surface area (Å²) in [4.78, 5) is 29.4. The number of imidazole rings is 1. The van der Waals surface area contributed by atoms with Gasteiger partial charge in [0.2, 0.25) is 0 Å². The highest BCUT2D eigenvalue weighted by Gasteiger charge is 2.63. The van der Waals surface area contributed by atoms with Crippen molar-refractivity contribution in [2.45, 2.75) is 58.0 Å². The summed E-state index contributed by atoms with van der Waals surface area (Å²) in [5.74, 6) is 0.121. The number of amides is 1. The average molecular weight is 428 g/mol. The first-order chi connectivity index (χ1) is 14.7. The second-order valence-corrected chi connectivity index (χ2v) is 9.26. The van der Waals surface area contributed by atoms with Crippen molar-refractivity contribution in [1.82, 2.24) is 14.9 Å². The van der Waals surface area contributed by atoms with Gasteiger partial charge in [0.25, 0.3) is 0 Å². The van der Waals surface area contributed by atoms with E-state index in [2.05, 4.69) is 17.2 Å². The van der Waals surface area contributed by atoms with Crippen molar-refractivity contribution in [3.63, 3.8) is 0 Å². The predicted octanol–water partition coefficient (Wildman–Crippen LogP) is 4.24. The first kappa shape index (κ1) is 22.8. The lowest BCUT2D eigenvalue weighted by Crippen LogP contribution is -2.35. The molecule has 1 amide bonds. The van der Waals surface area contributed by atoms with Gasteiger partial charge in [-0.2, -0.15) is 0 Å². The number of aromatic nitrogens is 2. The number of rotatable bonds is 8. The summed E-state index contributed by atoms with van der Waals surface area (Å²) in [7, 11) is 1.43. The zero-order valence-electron chi connectivity index (χ0n) is 19.1. The third kappa shape index (κ3) is 5.27. The summed E-state index contributed by atoms with van der Waals surface area (Å²) < 4.78 is 12.4. The van der Waals surface area contributed by atoms with Gasteiger partial charge in [-0.15, -0.1) is 0 Å². The standard InChI is InChI=1S/C24H33N3O4/c1-6-17(14-25-22(29)31-23(2,3)4)12-18-13-24(18,21(28)30-5)20-15-27(16-26-20)19-10-8-7-9-11-19/h7-11,15-18H,6,12-14H2,1-5H3,(H,25,29)/t17-,18+,24-/m1/s1. The molecule has 0 radical (unpaired) electrons. The van der Waals surface area contributed by atoms with E-state index < -0.39 is 17.1 Å². The number of carbonyl (C=O) groups is 2. The molecule has 0 spiro atoms. The third-order valence-electron chi connectivity index (χ3n) is 5.88. The van der Waals surface area contributed by atoms with Crippen LogP contribution in [0.25, 0.3) is 5.69 Å². The van der Waals surface area contributed by atoms with E-state index in [1.807, 2.05) is 61.9 Å². The maximum absolute atomic E-state index is 12.8. The van der Waals surface area contributed by atoms with Crippen molar-refractivity contribution in [1.29, 1.82) is 0 Å². The van der Waals surface area contributed by atoms with Gasteiger partial charge in [0.05, 0.1) is 19.1 Å². The van der Waals surface area contributed by atoms with Crippen molar-refractivity contribution in [2.75, 3.05) is 13.7 Å². The van der Waals surface area contributed by atoms with E-state index in [-0.39, 0.29) is 17.8 Å². The van der Waals surface area contributed by atoms with Crippen LogP contribution in [0, 0.1) is 11.8 Å². The Bertz CT molecular complexity index is 903. The monoisotopic (exact) mass is 427 g/mol. The number of hydrogen-bond acceptors (Lipinski definition) is 5. The molecule has 0 bridgehead atoms. The topological polar surface area (TPSA) is 82.5 Å². The van der Waals surface area contributed by atoms with Crippen LogP contribution in [0.5, 0.6) is 0 Å². The van der Waals surface area contributed by atoms with Crippen LogP contribution in [-0.4, -0.2) is 40.9 Å². The molecule has 7 heteroatoms. The predicted molar refractivity (Wildman–Crippen MR) is 118 cm³/mol. The van der Waals surface area contributed by atoms with E-state index in [0.717, 1.165) is 24.2 Å². The Morgan fingerprint density at radius 1 is 1.29 bits per heavy atom. The van der Waals surface area contributed by atoms with E-state index in [4.69, 9.17) is 9.47 Å². The van der Waals surface area contributed by atoms with Gasteiger partial charge in [0.1, 0.15) is 11.0 Å². The minimum atomic E-state index is -0.714. The SMILES string of the molecule is CC[C@@H](CNC(=O)OC(C)(C)C)C[C@H]1C[C@]1(C(=O)OC)c1cn(-c2ccccc2)cn1. The van der Waals surface area contributed by atoms with Crippen LogP contribution in [0.15, 0.2) is 42.9 Å². The normalized spacial score (nSPS) is 21.3. The lowest BCUT2D eigenvalue weighted by molar-refractivity contribution is -0.144. The summed E-state index contributed by atoms with van der Waals surface area (Å²) in [6.07, 6.45) is 5.65. The minimum absolute atomic E-state index is 0.129. The maximum atomic E-state index is 12.8. The molecule has 1 aliphatic rings. The summed E-state index contributed by atoms with van der Waals surface area (Å²) in [5.41, 5.74) is 0.489. The van der Waals surface area contributed by atoms with Crippen LogP contribution in [0.4, 0.5) is 4.79 Å². The Labute approximate surface area is 184 Å². The van der Waals surface area contributed by atoms with E-state index in [1.165, 1.54) is 7.11 Å². The van der Waals surface area contributed by atoms with E-state index in [9.17, 15) is 9.59 Å². The zero-order chi connectivity index (χ0) is 22.6. The van der Waals surface area contributed by atoms with Crippen LogP contribution >= 0.6 is 0 Å². The number of ether oxygens (including phenoxy) is 2. The van der Waals surface area contributed by atoms with Crippen molar-refractivity contribution < 1.29 is 19.1 Å². The molecule has 0 aliphatic heterocycles. The fourth-order valence-electron chi connectivity index (χ4n) is 4.10. The number of methoxy groups -OCH3 is 1. The van der Waals surface area contributed by atoms with Crippen LogP contribution in [0.2, 0.25) is 0 Å². The van der Waals surface area contributed by atoms with Gasteiger partial charge in [-0.1, -0.05) is 31.5 Å². The van der Waals surface area contributed by atoms with Gasteiger partial charge in [0, 0.05) is 18.4 Å². The molecule has 1 heterocycles. The smallest absolute Gasteiger partial charge is 0.407 e. The highest BCUT2D eigenvalue weighted by atomic mass is 16.6. The molecule has 7 nitrogen and oxygen atoms in total. The lowest BCUT2D eigenvalue weighted by Gasteiger charge is -2.22. The number of carbonyl (C=O) groups excluding carboxylic acids is 2. The lowest BCUT2D eigenvalue weighted by atomic mass is 9.92.